The largest absolute Gasteiger partial charge is 0.444 e. The molecule has 2 aliphatic heterocycles. The molecule has 0 bridgehead atoms. The number of carbonyl (C=O) groups is 2. The van der Waals surface area contributed by atoms with Gasteiger partial charge < -0.3 is 14.5 Å². The van der Waals surface area contributed by atoms with Crippen molar-refractivity contribution in [3.8, 4) is 11.3 Å². The summed E-state index contributed by atoms with van der Waals surface area (Å²) in [7, 11) is 0. The van der Waals surface area contributed by atoms with Crippen LogP contribution < -0.4 is 10.2 Å². The number of piperidine rings is 1. The third-order valence-corrected chi connectivity index (χ3v) is 7.84. The lowest BCUT2D eigenvalue weighted by Gasteiger charge is -2.53. The first-order valence-corrected chi connectivity index (χ1v) is 13.6. The smallest absolute Gasteiger partial charge is 0.410 e. The van der Waals surface area contributed by atoms with Gasteiger partial charge in [0, 0.05) is 47.6 Å². The van der Waals surface area contributed by atoms with Gasteiger partial charge in [-0.05, 0) is 51.8 Å². The highest BCUT2D eigenvalue weighted by Crippen LogP contribution is 2.42. The number of halogens is 1. The first-order valence-electron chi connectivity index (χ1n) is 12.3. The Balaban J connectivity index is 1.13. The minimum absolute atomic E-state index is 0.178. The summed E-state index contributed by atoms with van der Waals surface area (Å²) in [5, 5.41) is 5.80. The van der Waals surface area contributed by atoms with Crippen LogP contribution in [0.15, 0.2) is 48.0 Å². The molecule has 2 aliphatic rings. The average molecular weight is 540 g/mol. The van der Waals surface area contributed by atoms with Crippen LogP contribution in [0.1, 0.15) is 44.1 Å². The first-order chi connectivity index (χ1) is 17.6. The maximum atomic E-state index is 12.7. The van der Waals surface area contributed by atoms with E-state index in [0.717, 1.165) is 56.0 Å². The number of rotatable bonds is 4. The topological polar surface area (TPSA) is 87.7 Å². The van der Waals surface area contributed by atoms with Crippen molar-refractivity contribution in [3.63, 3.8) is 0 Å². The molecule has 2 amide bonds. The lowest BCUT2D eigenvalue weighted by Crippen LogP contribution is -2.62. The summed E-state index contributed by atoms with van der Waals surface area (Å²) in [5.74, 6) is -0.305. The van der Waals surface area contributed by atoms with E-state index < -0.39 is 5.60 Å². The van der Waals surface area contributed by atoms with Crippen LogP contribution >= 0.6 is 22.9 Å². The molecule has 8 nitrogen and oxygen atoms in total. The second-order valence-electron chi connectivity index (χ2n) is 10.7. The quantitative estimate of drug-likeness (QED) is 0.441. The van der Waals surface area contributed by atoms with Gasteiger partial charge >= 0.3 is 6.09 Å². The third kappa shape index (κ3) is 5.72. The van der Waals surface area contributed by atoms with Crippen molar-refractivity contribution in [3.05, 3.63) is 58.7 Å². The van der Waals surface area contributed by atoms with Gasteiger partial charge in [-0.3, -0.25) is 10.1 Å². The van der Waals surface area contributed by atoms with Gasteiger partial charge in [0.15, 0.2) is 5.13 Å². The van der Waals surface area contributed by atoms with Crippen LogP contribution in [0.3, 0.4) is 0 Å². The predicted molar refractivity (Wildman–Crippen MR) is 146 cm³/mol. The van der Waals surface area contributed by atoms with Crippen molar-refractivity contribution in [2.75, 3.05) is 36.4 Å². The third-order valence-electron chi connectivity index (χ3n) is 6.75. The summed E-state index contributed by atoms with van der Waals surface area (Å²) in [4.78, 5) is 38.0. The van der Waals surface area contributed by atoms with Crippen LogP contribution in [0, 0.1) is 5.41 Å². The van der Waals surface area contributed by atoms with Gasteiger partial charge in [-0.2, -0.15) is 0 Å². The Hall–Kier alpha value is -3.17. The van der Waals surface area contributed by atoms with E-state index in [1.54, 1.807) is 17.2 Å². The van der Waals surface area contributed by atoms with E-state index in [1.807, 2.05) is 56.5 Å². The molecule has 0 radical (unpaired) electrons. The number of hydrogen-bond acceptors (Lipinski definition) is 7. The fraction of sp³-hybridized carbons (Fsp3) is 0.407. The molecule has 0 saturated carbocycles. The molecule has 3 aromatic rings. The Morgan fingerprint density at radius 1 is 1.11 bits per heavy atom. The Labute approximate surface area is 225 Å². The summed E-state index contributed by atoms with van der Waals surface area (Å²) in [5.41, 5.74) is 2.57. The summed E-state index contributed by atoms with van der Waals surface area (Å²) in [6.07, 6.45) is 3.53. The highest BCUT2D eigenvalue weighted by Gasteiger charge is 2.47. The van der Waals surface area contributed by atoms with E-state index >= 15 is 0 Å². The van der Waals surface area contributed by atoms with Gasteiger partial charge in [0.25, 0.3) is 5.91 Å². The molecule has 1 spiro atoms. The number of ether oxygens (including phenoxy) is 1. The van der Waals surface area contributed by atoms with E-state index in [4.69, 9.17) is 16.3 Å². The average Bonchev–Trinajstić information content (AvgIpc) is 3.30. The number of hydrogen-bond donors (Lipinski definition) is 1. The molecular weight excluding hydrogens is 510 g/mol. The molecule has 2 saturated heterocycles. The van der Waals surface area contributed by atoms with Crippen molar-refractivity contribution < 1.29 is 14.3 Å². The van der Waals surface area contributed by atoms with Crippen LogP contribution in [0.2, 0.25) is 5.02 Å². The van der Waals surface area contributed by atoms with E-state index in [2.05, 4.69) is 20.2 Å². The van der Waals surface area contributed by atoms with Crippen molar-refractivity contribution >= 4 is 45.8 Å². The maximum Gasteiger partial charge on any atom is 0.410 e. The maximum absolute atomic E-state index is 12.7. The van der Waals surface area contributed by atoms with Crippen molar-refractivity contribution in [2.24, 2.45) is 5.41 Å². The zero-order chi connectivity index (χ0) is 26.2. The van der Waals surface area contributed by atoms with Crippen molar-refractivity contribution in [1.82, 2.24) is 14.9 Å². The lowest BCUT2D eigenvalue weighted by molar-refractivity contribution is -0.0434. The first kappa shape index (κ1) is 25.5. The number of aromatic nitrogens is 2. The SMILES string of the molecule is CC(C)(C)OC(=O)N1CC2(CCN(c3ccc(C(=O)Nc4nc(-c5ccccc5Cl)cs4)nc3)CC2)C1. The molecule has 10 heteroatoms. The standard InChI is InChI=1S/C27H30ClN5O3S/c1-26(2,3)36-25(35)33-16-27(17-33)10-12-32(13-11-27)18-8-9-21(29-14-18)23(34)31-24-30-22(15-37-24)19-6-4-5-7-20(19)28/h4-9,14-15H,10-13,16-17H2,1-3H3,(H,30,31,34). The molecule has 2 aromatic heterocycles. The van der Waals surface area contributed by atoms with Gasteiger partial charge in [0.2, 0.25) is 0 Å². The molecule has 0 unspecified atom stereocenters. The summed E-state index contributed by atoms with van der Waals surface area (Å²) < 4.78 is 5.49. The van der Waals surface area contributed by atoms with Crippen molar-refractivity contribution in [1.29, 1.82) is 0 Å². The molecule has 0 aliphatic carbocycles. The summed E-state index contributed by atoms with van der Waals surface area (Å²) in [6.45, 7) is 8.94. The molecular formula is C27H30ClN5O3S. The number of nitrogens with one attached hydrogen (secondary N) is 1. The van der Waals surface area contributed by atoms with Crippen LogP contribution in [-0.2, 0) is 4.74 Å². The van der Waals surface area contributed by atoms with Gasteiger partial charge in [-0.25, -0.2) is 14.8 Å². The fourth-order valence-corrected chi connectivity index (χ4v) is 5.71. The zero-order valence-corrected chi connectivity index (χ0v) is 22.7. The minimum Gasteiger partial charge on any atom is -0.444 e. The van der Waals surface area contributed by atoms with Crippen LogP contribution in [0.25, 0.3) is 11.3 Å². The molecule has 37 heavy (non-hydrogen) atoms. The van der Waals surface area contributed by atoms with E-state index in [9.17, 15) is 9.59 Å². The molecule has 2 fully saturated rings. The van der Waals surface area contributed by atoms with E-state index in [1.165, 1.54) is 11.3 Å². The number of thiazole rings is 1. The Kier molecular flexibility index (Phi) is 6.85. The van der Waals surface area contributed by atoms with Crippen LogP contribution in [0.4, 0.5) is 15.6 Å². The Morgan fingerprint density at radius 2 is 1.84 bits per heavy atom. The van der Waals surface area contributed by atoms with E-state index in [0.29, 0.717) is 15.8 Å². The Bertz CT molecular complexity index is 1290. The fourth-order valence-electron chi connectivity index (χ4n) is 4.77. The van der Waals surface area contributed by atoms with Gasteiger partial charge in [-0.15, -0.1) is 11.3 Å². The number of pyridine rings is 1. The molecule has 4 heterocycles. The minimum atomic E-state index is -0.473. The second-order valence-corrected chi connectivity index (χ2v) is 12.0. The normalized spacial score (nSPS) is 16.9. The zero-order valence-electron chi connectivity index (χ0n) is 21.2. The Morgan fingerprint density at radius 3 is 2.49 bits per heavy atom. The van der Waals surface area contributed by atoms with E-state index in [-0.39, 0.29) is 17.4 Å². The van der Waals surface area contributed by atoms with Gasteiger partial charge in [-0.1, -0.05) is 29.8 Å². The molecule has 0 atom stereocenters. The molecule has 5 rings (SSSR count). The highest BCUT2D eigenvalue weighted by atomic mass is 35.5. The van der Waals surface area contributed by atoms with Gasteiger partial charge in [0.05, 0.1) is 17.6 Å². The second kappa shape index (κ2) is 9.95. The summed E-state index contributed by atoms with van der Waals surface area (Å²) >= 11 is 7.60. The molecule has 1 aromatic carbocycles. The van der Waals surface area contributed by atoms with Crippen LogP contribution in [0.5, 0.6) is 0 Å². The van der Waals surface area contributed by atoms with Crippen molar-refractivity contribution in [2.45, 2.75) is 39.2 Å². The monoisotopic (exact) mass is 539 g/mol. The number of carbonyl (C=O) groups excluding carboxylic acids is 2. The number of amides is 2. The number of nitrogens with zero attached hydrogens (tertiary/aromatic N) is 4. The van der Waals surface area contributed by atoms with Gasteiger partial charge in [0.1, 0.15) is 11.3 Å². The van der Waals surface area contributed by atoms with Crippen LogP contribution in [-0.4, -0.2) is 58.6 Å². The summed E-state index contributed by atoms with van der Waals surface area (Å²) in [6, 6.07) is 11.2. The highest BCUT2D eigenvalue weighted by molar-refractivity contribution is 7.14. The number of anilines is 2. The molecule has 1 N–H and O–H groups in total. The number of likely N-dealkylation sites (tertiary alicyclic amines) is 1. The molecule has 194 valence electrons. The number of benzene rings is 1. The predicted octanol–water partition coefficient (Wildman–Crippen LogP) is 5.95. The lowest BCUT2D eigenvalue weighted by atomic mass is 9.72.